The summed E-state index contributed by atoms with van der Waals surface area (Å²) in [6.45, 7) is 2.95. The van der Waals surface area contributed by atoms with Crippen LogP contribution in [0, 0.1) is 11.6 Å². The normalized spacial score (nSPS) is 13.7. The molecule has 7 heteroatoms. The molecule has 0 aliphatic heterocycles. The van der Waals surface area contributed by atoms with Crippen LogP contribution >= 0.6 is 27.5 Å². The van der Waals surface area contributed by atoms with Gasteiger partial charge in [0.1, 0.15) is 23.1 Å². The first kappa shape index (κ1) is 17.0. The number of ketones is 1. The highest BCUT2D eigenvalue weighted by Gasteiger charge is 2.38. The lowest BCUT2D eigenvalue weighted by Gasteiger charge is -2.30. The third kappa shape index (κ3) is 3.35. The second-order valence-corrected chi connectivity index (χ2v) is 5.45. The molecule has 0 heterocycles. The molecule has 0 spiro atoms. The first-order valence-electron chi connectivity index (χ1n) is 5.81. The van der Waals surface area contributed by atoms with E-state index in [1.807, 2.05) is 0 Å². The number of hydrogen-bond acceptors (Lipinski definition) is 2. The standard InChI is InChI=1S/C13H13BrClF2NO2/c1-3-11(19)13(2,18-12(20)6-15)7-4-8(14)10(17)5-9(7)16/h4-5H,3,6H2,1-2H3,(H,18,20). The minimum atomic E-state index is -1.60. The zero-order valence-corrected chi connectivity index (χ0v) is 13.2. The van der Waals surface area contributed by atoms with Crippen LogP contribution in [0.3, 0.4) is 0 Å². The van der Waals surface area contributed by atoms with E-state index in [2.05, 4.69) is 21.2 Å². The summed E-state index contributed by atoms with van der Waals surface area (Å²) in [4.78, 5) is 23.6. The number of carbonyl (C=O) groups excluding carboxylic acids is 2. The molecule has 1 amide bonds. The van der Waals surface area contributed by atoms with Gasteiger partial charge in [-0.3, -0.25) is 9.59 Å². The second kappa shape index (κ2) is 6.63. The number of Topliss-reactive ketones (excluding diaryl/α,β-unsaturated/α-hetero) is 1. The van der Waals surface area contributed by atoms with Crippen molar-refractivity contribution in [2.45, 2.75) is 25.8 Å². The number of alkyl halides is 1. The average Bonchev–Trinajstić information content (AvgIpc) is 2.41. The van der Waals surface area contributed by atoms with Crippen molar-refractivity contribution in [1.29, 1.82) is 0 Å². The molecule has 1 aromatic carbocycles. The third-order valence-electron chi connectivity index (χ3n) is 2.94. The van der Waals surface area contributed by atoms with Gasteiger partial charge in [-0.25, -0.2) is 8.78 Å². The number of amides is 1. The Morgan fingerprint density at radius 1 is 1.35 bits per heavy atom. The van der Waals surface area contributed by atoms with E-state index in [1.165, 1.54) is 6.92 Å². The summed E-state index contributed by atoms with van der Waals surface area (Å²) in [5.74, 6) is -3.09. The van der Waals surface area contributed by atoms with Crippen molar-refractivity contribution in [1.82, 2.24) is 5.32 Å². The highest BCUT2D eigenvalue weighted by atomic mass is 79.9. The van der Waals surface area contributed by atoms with Crippen LogP contribution in [-0.2, 0) is 15.1 Å². The van der Waals surface area contributed by atoms with E-state index in [4.69, 9.17) is 11.6 Å². The van der Waals surface area contributed by atoms with Crippen LogP contribution in [0.4, 0.5) is 8.78 Å². The van der Waals surface area contributed by atoms with Gasteiger partial charge in [0, 0.05) is 18.1 Å². The molecular formula is C13H13BrClF2NO2. The molecular weight excluding hydrogens is 356 g/mol. The maximum Gasteiger partial charge on any atom is 0.235 e. The van der Waals surface area contributed by atoms with Crippen LogP contribution in [0.2, 0.25) is 0 Å². The predicted octanol–water partition coefficient (Wildman–Crippen LogP) is 3.28. The number of carbonyl (C=O) groups is 2. The molecule has 110 valence electrons. The Bertz CT molecular complexity index is 553. The third-order valence-corrected chi connectivity index (χ3v) is 3.79. The van der Waals surface area contributed by atoms with Gasteiger partial charge in [-0.15, -0.1) is 11.6 Å². The fourth-order valence-corrected chi connectivity index (χ4v) is 2.27. The maximum atomic E-state index is 14.0. The van der Waals surface area contributed by atoms with Gasteiger partial charge in [-0.05, 0) is 28.9 Å². The Kier molecular flexibility index (Phi) is 5.65. The van der Waals surface area contributed by atoms with Crippen molar-refractivity contribution in [3.05, 3.63) is 33.8 Å². The van der Waals surface area contributed by atoms with E-state index in [1.54, 1.807) is 6.92 Å². The van der Waals surface area contributed by atoms with Crippen molar-refractivity contribution in [2.24, 2.45) is 0 Å². The van der Waals surface area contributed by atoms with Gasteiger partial charge < -0.3 is 5.32 Å². The van der Waals surface area contributed by atoms with Crippen molar-refractivity contribution in [3.8, 4) is 0 Å². The predicted molar refractivity (Wildman–Crippen MR) is 75.6 cm³/mol. The van der Waals surface area contributed by atoms with E-state index in [0.717, 1.165) is 6.07 Å². The van der Waals surface area contributed by atoms with E-state index in [0.29, 0.717) is 6.07 Å². The molecule has 0 aromatic heterocycles. The Morgan fingerprint density at radius 3 is 2.45 bits per heavy atom. The Morgan fingerprint density at radius 2 is 1.95 bits per heavy atom. The van der Waals surface area contributed by atoms with Gasteiger partial charge in [0.2, 0.25) is 5.91 Å². The van der Waals surface area contributed by atoms with Gasteiger partial charge in [0.25, 0.3) is 0 Å². The summed E-state index contributed by atoms with van der Waals surface area (Å²) >= 11 is 8.34. The zero-order chi connectivity index (χ0) is 15.5. The van der Waals surface area contributed by atoms with Crippen molar-refractivity contribution in [3.63, 3.8) is 0 Å². The molecule has 0 fully saturated rings. The Hall–Kier alpha value is -1.01. The number of nitrogens with one attached hydrogen (secondary N) is 1. The lowest BCUT2D eigenvalue weighted by atomic mass is 9.85. The van der Waals surface area contributed by atoms with E-state index in [-0.39, 0.29) is 22.3 Å². The lowest BCUT2D eigenvalue weighted by Crippen LogP contribution is -2.50. The monoisotopic (exact) mass is 367 g/mol. The number of halogens is 4. The molecule has 1 atom stereocenters. The van der Waals surface area contributed by atoms with E-state index >= 15 is 0 Å². The molecule has 1 rings (SSSR count). The molecule has 0 saturated carbocycles. The number of hydrogen-bond donors (Lipinski definition) is 1. The summed E-state index contributed by atoms with van der Waals surface area (Å²) < 4.78 is 27.3. The Balaban J connectivity index is 3.41. The minimum Gasteiger partial charge on any atom is -0.339 e. The quantitative estimate of drug-likeness (QED) is 0.640. The van der Waals surface area contributed by atoms with E-state index in [9.17, 15) is 18.4 Å². The molecule has 3 nitrogen and oxygen atoms in total. The molecule has 1 N–H and O–H groups in total. The van der Waals surface area contributed by atoms with Gasteiger partial charge in [-0.1, -0.05) is 6.92 Å². The molecule has 0 aliphatic rings. The van der Waals surface area contributed by atoms with Gasteiger partial charge in [0.05, 0.1) is 4.47 Å². The maximum absolute atomic E-state index is 14.0. The molecule has 0 aliphatic carbocycles. The summed E-state index contributed by atoms with van der Waals surface area (Å²) in [5.41, 5.74) is -1.71. The number of benzene rings is 1. The van der Waals surface area contributed by atoms with Gasteiger partial charge >= 0.3 is 0 Å². The molecule has 0 bridgehead atoms. The van der Waals surface area contributed by atoms with Crippen LogP contribution in [0.15, 0.2) is 16.6 Å². The van der Waals surface area contributed by atoms with Crippen molar-refractivity contribution < 1.29 is 18.4 Å². The van der Waals surface area contributed by atoms with Crippen molar-refractivity contribution in [2.75, 3.05) is 5.88 Å². The zero-order valence-electron chi connectivity index (χ0n) is 10.9. The first-order chi connectivity index (χ1) is 9.26. The average molecular weight is 369 g/mol. The van der Waals surface area contributed by atoms with Gasteiger partial charge in [0.15, 0.2) is 5.78 Å². The molecule has 20 heavy (non-hydrogen) atoms. The van der Waals surface area contributed by atoms with Crippen LogP contribution in [0.5, 0.6) is 0 Å². The molecule has 0 radical (unpaired) electrons. The largest absolute Gasteiger partial charge is 0.339 e. The highest BCUT2D eigenvalue weighted by molar-refractivity contribution is 9.10. The summed E-state index contributed by atoms with van der Waals surface area (Å²) in [7, 11) is 0. The molecule has 1 aromatic rings. The van der Waals surface area contributed by atoms with Crippen molar-refractivity contribution >= 4 is 39.2 Å². The van der Waals surface area contributed by atoms with Crippen LogP contribution < -0.4 is 5.32 Å². The second-order valence-electron chi connectivity index (χ2n) is 4.33. The van der Waals surface area contributed by atoms with Crippen LogP contribution in [0.1, 0.15) is 25.8 Å². The lowest BCUT2D eigenvalue weighted by molar-refractivity contribution is -0.130. The fourth-order valence-electron chi connectivity index (χ4n) is 1.86. The smallest absolute Gasteiger partial charge is 0.235 e. The Labute approximate surface area is 128 Å². The summed E-state index contributed by atoms with van der Waals surface area (Å²) in [5, 5.41) is 2.39. The summed E-state index contributed by atoms with van der Waals surface area (Å²) in [6.07, 6.45) is 0.0769. The van der Waals surface area contributed by atoms with Crippen LogP contribution in [-0.4, -0.2) is 17.6 Å². The molecule has 0 saturated heterocycles. The number of rotatable bonds is 5. The SMILES string of the molecule is CCC(=O)C(C)(NC(=O)CCl)c1cc(Br)c(F)cc1F. The van der Waals surface area contributed by atoms with Crippen LogP contribution in [0.25, 0.3) is 0 Å². The topological polar surface area (TPSA) is 46.2 Å². The van der Waals surface area contributed by atoms with Gasteiger partial charge in [-0.2, -0.15) is 0 Å². The minimum absolute atomic E-state index is 0.00384. The van der Waals surface area contributed by atoms with E-state index < -0.39 is 28.9 Å². The highest BCUT2D eigenvalue weighted by Crippen LogP contribution is 2.30. The summed E-state index contributed by atoms with van der Waals surface area (Å²) in [6, 6.07) is 1.81. The fraction of sp³-hybridized carbons (Fsp3) is 0.385. The molecule has 1 unspecified atom stereocenters. The first-order valence-corrected chi connectivity index (χ1v) is 7.14.